The zero-order valence-electron chi connectivity index (χ0n) is 19.3. The van der Waals surface area contributed by atoms with E-state index in [1.807, 2.05) is 0 Å². The number of ether oxygens (including phenoxy) is 4. The predicted octanol–water partition coefficient (Wildman–Crippen LogP) is 1.79. The molecule has 2 aliphatic rings. The van der Waals surface area contributed by atoms with Gasteiger partial charge in [-0.3, -0.25) is 4.79 Å². The molecule has 0 saturated carbocycles. The molecule has 0 saturated heterocycles. The molecule has 186 valence electrons. The maximum Gasteiger partial charge on any atom is 0.204 e. The average molecular weight is 494 g/mol. The van der Waals surface area contributed by atoms with Gasteiger partial charge in [-0.05, 0) is 30.0 Å². The zero-order valence-corrected chi connectivity index (χ0v) is 19.3. The molecule has 10 nitrogen and oxygen atoms in total. The Morgan fingerprint density at radius 1 is 1.03 bits per heavy atom. The minimum absolute atomic E-state index is 0.0505. The van der Waals surface area contributed by atoms with Crippen LogP contribution >= 0.6 is 0 Å². The van der Waals surface area contributed by atoms with Crippen molar-refractivity contribution in [1.29, 1.82) is 0 Å². The quantitative estimate of drug-likeness (QED) is 0.414. The van der Waals surface area contributed by atoms with Crippen LogP contribution in [0.1, 0.15) is 18.1 Å². The predicted molar refractivity (Wildman–Crippen MR) is 126 cm³/mol. The summed E-state index contributed by atoms with van der Waals surface area (Å²) >= 11 is 0. The van der Waals surface area contributed by atoms with Crippen molar-refractivity contribution in [2.45, 2.75) is 18.6 Å². The number of aliphatic hydroxyl groups is 3. The van der Waals surface area contributed by atoms with Crippen molar-refractivity contribution in [2.75, 3.05) is 20.8 Å². The molecule has 0 fully saturated rings. The van der Waals surface area contributed by atoms with Crippen LogP contribution in [0.25, 0.3) is 22.8 Å². The maximum absolute atomic E-state index is 12.7. The highest BCUT2D eigenvalue weighted by molar-refractivity contribution is 5.68. The largest absolute Gasteiger partial charge is 0.511 e. The molecule has 3 aromatic rings. The van der Waals surface area contributed by atoms with Crippen molar-refractivity contribution in [3.63, 3.8) is 0 Å². The summed E-state index contributed by atoms with van der Waals surface area (Å²) in [6, 6.07) is 9.02. The molecule has 5 rings (SSSR count). The second kappa shape index (κ2) is 8.92. The molecule has 36 heavy (non-hydrogen) atoms. The first-order valence-corrected chi connectivity index (χ1v) is 10.9. The van der Waals surface area contributed by atoms with Crippen LogP contribution in [0.3, 0.4) is 0 Å². The van der Waals surface area contributed by atoms with Crippen molar-refractivity contribution in [2.24, 2.45) is 0 Å². The Morgan fingerprint density at radius 3 is 2.53 bits per heavy atom. The Kier molecular flexibility index (Phi) is 5.75. The summed E-state index contributed by atoms with van der Waals surface area (Å²) in [5.74, 6) is 0.496. The topological polar surface area (TPSA) is 148 Å². The van der Waals surface area contributed by atoms with E-state index in [4.69, 9.17) is 23.4 Å². The molecule has 1 aliphatic carbocycles. The zero-order chi connectivity index (χ0) is 25.6. The lowest BCUT2D eigenvalue weighted by Gasteiger charge is -2.34. The van der Waals surface area contributed by atoms with Crippen molar-refractivity contribution in [1.82, 2.24) is 0 Å². The van der Waals surface area contributed by atoms with E-state index in [1.54, 1.807) is 24.3 Å². The molecule has 2 atom stereocenters. The number of methoxy groups -OCH3 is 2. The van der Waals surface area contributed by atoms with Gasteiger partial charge >= 0.3 is 0 Å². The van der Waals surface area contributed by atoms with Crippen LogP contribution in [-0.4, -0.2) is 47.4 Å². The van der Waals surface area contributed by atoms with Crippen molar-refractivity contribution in [3.8, 4) is 40.1 Å². The van der Waals surface area contributed by atoms with Gasteiger partial charge in [0.1, 0.15) is 22.5 Å². The molecule has 1 aliphatic heterocycles. The van der Waals surface area contributed by atoms with Crippen LogP contribution in [0.15, 0.2) is 51.4 Å². The normalized spacial score (nSPS) is 18.1. The van der Waals surface area contributed by atoms with Crippen LogP contribution in [0.4, 0.5) is 0 Å². The van der Waals surface area contributed by atoms with Crippen LogP contribution in [-0.2, 0) is 0 Å². The van der Waals surface area contributed by atoms with Gasteiger partial charge in [-0.2, -0.15) is 0 Å². The van der Waals surface area contributed by atoms with E-state index in [2.05, 4.69) is 5.73 Å². The summed E-state index contributed by atoms with van der Waals surface area (Å²) in [6.45, 7) is -0.371. The first-order chi connectivity index (χ1) is 17.3. The average Bonchev–Trinajstić information content (AvgIpc) is 2.86. The van der Waals surface area contributed by atoms with Gasteiger partial charge in [-0.1, -0.05) is 6.07 Å². The molecule has 10 heteroatoms. The van der Waals surface area contributed by atoms with Crippen LogP contribution < -0.4 is 35.0 Å². The minimum atomic E-state index is -0.797. The van der Waals surface area contributed by atoms with E-state index in [0.717, 1.165) is 0 Å². The molecular weight excluding hydrogens is 472 g/mol. The highest BCUT2D eigenvalue weighted by atomic mass is 16.6. The summed E-state index contributed by atoms with van der Waals surface area (Å²) in [7, 11) is 2.85. The molecule has 0 amide bonds. The fourth-order valence-electron chi connectivity index (χ4n) is 4.21. The number of fused-ring (bicyclic) bond motifs is 2. The van der Waals surface area contributed by atoms with Crippen molar-refractivity contribution >= 4 is 11.5 Å². The van der Waals surface area contributed by atoms with Gasteiger partial charge < -0.3 is 43.8 Å². The molecule has 2 heterocycles. The Hall–Kier alpha value is -4.53. The van der Waals surface area contributed by atoms with E-state index in [-0.39, 0.29) is 69.7 Å². The summed E-state index contributed by atoms with van der Waals surface area (Å²) in [5.41, 5.74) is 2.94. The van der Waals surface area contributed by atoms with Gasteiger partial charge in [-0.25, -0.2) is 0 Å². The lowest BCUT2D eigenvalue weighted by atomic mass is 10.0. The van der Waals surface area contributed by atoms with Crippen molar-refractivity contribution < 1.29 is 43.8 Å². The number of hydrogen-bond donors (Lipinski definition) is 4. The third-order valence-corrected chi connectivity index (χ3v) is 5.93. The molecule has 0 spiro atoms. The molecule has 2 aromatic carbocycles. The summed E-state index contributed by atoms with van der Waals surface area (Å²) in [5, 5.41) is 39.8. The number of benzene rings is 2. The van der Waals surface area contributed by atoms with Crippen molar-refractivity contribution in [3.05, 3.63) is 68.6 Å². The van der Waals surface area contributed by atoms with E-state index < -0.39 is 17.6 Å². The standard InChI is InChI=1S/C26H22O10/c1-32-19-5-12(3-4-15(19)29)25-23(11-27)36-26-21(33-2)6-13(7-22(26)35-25)18-10-17(31)24-16(30)8-14(28)9-20(24)34-18/h3-7,10,23,25,27-30H,8,11H2,1-2H3/t23-,25-/m1/s1. The van der Waals surface area contributed by atoms with Gasteiger partial charge in [0.15, 0.2) is 46.1 Å². The fourth-order valence-corrected chi connectivity index (χ4v) is 4.21. The number of hydrogen-bond acceptors (Lipinski definition) is 10. The van der Waals surface area contributed by atoms with Gasteiger partial charge in [0.25, 0.3) is 0 Å². The van der Waals surface area contributed by atoms with Crippen LogP contribution in [0.2, 0.25) is 0 Å². The molecule has 4 N–H and O–H groups in total. The third kappa shape index (κ3) is 3.88. The molecule has 0 unspecified atom stereocenters. The number of phenolic OH excluding ortho intramolecular Hbond substituents is 1. The second-order valence-corrected chi connectivity index (χ2v) is 8.19. The van der Waals surface area contributed by atoms with E-state index in [1.165, 1.54) is 26.4 Å². The minimum Gasteiger partial charge on any atom is -0.511 e. The molecule has 0 radical (unpaired) electrons. The number of phenols is 1. The number of rotatable bonds is 5. The lowest BCUT2D eigenvalue weighted by molar-refractivity contribution is -0.0141. The Bertz CT molecular complexity index is 1580. The summed E-state index contributed by atoms with van der Waals surface area (Å²) in [6.07, 6.45) is -1.77. The van der Waals surface area contributed by atoms with Gasteiger partial charge in [0.05, 0.1) is 27.2 Å². The summed E-state index contributed by atoms with van der Waals surface area (Å²) < 4.78 is 28.7. The smallest absolute Gasteiger partial charge is 0.204 e. The van der Waals surface area contributed by atoms with E-state index in [0.29, 0.717) is 11.1 Å². The second-order valence-electron chi connectivity index (χ2n) is 8.19. The number of aromatic hydroxyl groups is 1. The van der Waals surface area contributed by atoms with Gasteiger partial charge in [0, 0.05) is 17.2 Å². The van der Waals surface area contributed by atoms with Crippen LogP contribution in [0, 0.1) is 0 Å². The molecule has 1 aromatic heterocycles. The van der Waals surface area contributed by atoms with E-state index >= 15 is 0 Å². The first-order valence-electron chi connectivity index (χ1n) is 10.9. The van der Waals surface area contributed by atoms with Crippen LogP contribution in [0.5, 0.6) is 28.7 Å². The highest BCUT2D eigenvalue weighted by Gasteiger charge is 2.35. The van der Waals surface area contributed by atoms with Gasteiger partial charge in [0.2, 0.25) is 5.75 Å². The first kappa shape index (κ1) is 23.2. The number of aliphatic hydroxyl groups excluding tert-OH is 3. The fraction of sp³-hybridized carbons (Fsp3) is 0.231. The van der Waals surface area contributed by atoms with Gasteiger partial charge in [-0.15, -0.1) is 0 Å². The Balaban J connectivity index is 1.64. The lowest BCUT2D eigenvalue weighted by Crippen LogP contribution is -2.41. The van der Waals surface area contributed by atoms with E-state index in [9.17, 15) is 25.2 Å². The molecular formula is C26H22O10. The highest BCUT2D eigenvalue weighted by Crippen LogP contribution is 2.48. The SMILES string of the molecule is COc1cc([C@H]2Oc3cc(-c4cc(=O)c5c(o4)=C=C(O)CC=5O)cc(OC)c3O[C@@H]2CO)ccc1O. The third-order valence-electron chi connectivity index (χ3n) is 5.93. The summed E-state index contributed by atoms with van der Waals surface area (Å²) in [4.78, 5) is 12.7. The Labute approximate surface area is 203 Å². The monoisotopic (exact) mass is 494 g/mol. The Morgan fingerprint density at radius 2 is 1.81 bits per heavy atom. The maximum atomic E-state index is 12.7. The molecule has 0 bridgehead atoms.